The van der Waals surface area contributed by atoms with Crippen LogP contribution in [0.25, 0.3) is 6.08 Å². The average Bonchev–Trinajstić information content (AvgIpc) is 3.98. The minimum absolute atomic E-state index is 0.0657. The van der Waals surface area contributed by atoms with Gasteiger partial charge < -0.3 is 20.1 Å². The molecule has 2 amide bonds. The van der Waals surface area contributed by atoms with Crippen molar-refractivity contribution in [3.8, 4) is 11.6 Å². The molecule has 1 saturated heterocycles. The second-order valence-electron chi connectivity index (χ2n) is 14.5. The molecule has 11 nitrogen and oxygen atoms in total. The highest BCUT2D eigenvalue weighted by Gasteiger charge is 2.61. The second-order valence-corrected chi connectivity index (χ2v) is 16.5. The number of pyridine rings is 1. The molecular formula is C36H48N4O7S. The van der Waals surface area contributed by atoms with Crippen molar-refractivity contribution < 1.29 is 32.3 Å². The Morgan fingerprint density at radius 1 is 1.21 bits per heavy atom. The number of rotatable bonds is 7. The maximum Gasteiger partial charge on any atom is 0.240 e. The zero-order valence-corrected chi connectivity index (χ0v) is 29.0. The lowest BCUT2D eigenvalue weighted by atomic mass is 9.85. The van der Waals surface area contributed by atoms with Crippen molar-refractivity contribution >= 4 is 33.7 Å². The first kappa shape index (κ1) is 34.4. The molecule has 0 spiro atoms. The van der Waals surface area contributed by atoms with E-state index in [1.165, 1.54) is 4.90 Å². The van der Waals surface area contributed by atoms with E-state index in [4.69, 9.17) is 15.2 Å². The van der Waals surface area contributed by atoms with Crippen LogP contribution in [0.5, 0.6) is 11.6 Å². The van der Waals surface area contributed by atoms with E-state index in [0.29, 0.717) is 43.2 Å². The fourth-order valence-electron chi connectivity index (χ4n) is 7.72. The van der Waals surface area contributed by atoms with E-state index >= 15 is 0 Å². The highest BCUT2D eigenvalue weighted by molar-refractivity contribution is 7.90. The molecule has 3 aliphatic carbocycles. The highest BCUT2D eigenvalue weighted by Crippen LogP contribution is 2.57. The van der Waals surface area contributed by atoms with Crippen LogP contribution in [0.2, 0.25) is 0 Å². The van der Waals surface area contributed by atoms with Gasteiger partial charge in [-0.1, -0.05) is 50.6 Å². The number of carbonyl (C=O) groups is 3. The Hall–Kier alpha value is -3.51. The monoisotopic (exact) mass is 680 g/mol. The third-order valence-electron chi connectivity index (χ3n) is 10.9. The average molecular weight is 681 g/mol. The van der Waals surface area contributed by atoms with Gasteiger partial charge in [0.05, 0.1) is 42.6 Å². The molecule has 7 atom stereocenters. The lowest BCUT2D eigenvalue weighted by Crippen LogP contribution is -2.52. The number of hydrogen-bond donors (Lipinski definition) is 2. The quantitative estimate of drug-likeness (QED) is 0.408. The van der Waals surface area contributed by atoms with Gasteiger partial charge in [-0.25, -0.2) is 13.4 Å². The molecule has 5 aliphatic rings. The Bertz CT molecular complexity index is 1650. The van der Waals surface area contributed by atoms with Gasteiger partial charge in [-0.3, -0.25) is 19.1 Å². The van der Waals surface area contributed by atoms with Crippen molar-refractivity contribution in [2.24, 2.45) is 28.9 Å². The van der Waals surface area contributed by atoms with E-state index in [1.807, 2.05) is 31.2 Å². The minimum atomic E-state index is -3.80. The van der Waals surface area contributed by atoms with Crippen LogP contribution >= 0.6 is 0 Å². The number of Topliss-reactive ketones (excluding diaryl/α,β-unsaturated/α-hetero) is 1. The summed E-state index contributed by atoms with van der Waals surface area (Å²) in [6.45, 7) is 8.39. The van der Waals surface area contributed by atoms with Crippen molar-refractivity contribution in [2.45, 2.75) is 101 Å². The highest BCUT2D eigenvalue weighted by atomic mass is 32.2. The molecule has 0 bridgehead atoms. The van der Waals surface area contributed by atoms with Crippen molar-refractivity contribution in [2.75, 3.05) is 13.7 Å². The summed E-state index contributed by atoms with van der Waals surface area (Å²) in [7, 11) is -2.22. The lowest BCUT2D eigenvalue weighted by Gasteiger charge is -2.31. The number of sulfonamides is 1. The normalized spacial score (nSPS) is 33.1. The topological polar surface area (TPSA) is 158 Å². The number of nitrogens with one attached hydrogen (secondary N) is 1. The Kier molecular flexibility index (Phi) is 9.61. The van der Waals surface area contributed by atoms with Crippen LogP contribution < -0.4 is 19.9 Å². The van der Waals surface area contributed by atoms with Gasteiger partial charge in [0.1, 0.15) is 11.9 Å². The van der Waals surface area contributed by atoms with Crippen LogP contribution in [0.15, 0.2) is 36.6 Å². The number of ether oxygens (including phenoxy) is 2. The molecule has 2 aliphatic heterocycles. The van der Waals surface area contributed by atoms with Crippen LogP contribution in [-0.2, 0) is 30.8 Å². The smallest absolute Gasteiger partial charge is 0.240 e. The van der Waals surface area contributed by atoms with Gasteiger partial charge in [0.2, 0.25) is 27.7 Å². The molecule has 3 heterocycles. The number of nitrogens with two attached hydrogens (primary N) is 1. The number of carbonyl (C=O) groups excluding carboxylic acids is 3. The van der Waals surface area contributed by atoms with E-state index < -0.39 is 44.8 Å². The molecule has 0 radical (unpaired) electrons. The van der Waals surface area contributed by atoms with Crippen molar-refractivity contribution in [1.82, 2.24) is 14.6 Å². The van der Waals surface area contributed by atoms with Gasteiger partial charge in [0.15, 0.2) is 5.78 Å². The summed E-state index contributed by atoms with van der Waals surface area (Å²) in [5, 5.41) is -0.566. The maximum absolute atomic E-state index is 14.3. The van der Waals surface area contributed by atoms with E-state index in [-0.39, 0.29) is 42.9 Å². The molecular weight excluding hydrogens is 632 g/mol. The number of allylic oxidation sites excluding steroid dienone is 4. The van der Waals surface area contributed by atoms with Gasteiger partial charge >= 0.3 is 0 Å². The van der Waals surface area contributed by atoms with Crippen LogP contribution in [0, 0.1) is 23.2 Å². The number of fused-ring (bicyclic) bond motifs is 3. The lowest BCUT2D eigenvalue weighted by molar-refractivity contribution is -0.141. The zero-order chi connectivity index (χ0) is 34.4. The van der Waals surface area contributed by atoms with E-state index in [0.717, 1.165) is 42.4 Å². The van der Waals surface area contributed by atoms with Crippen LogP contribution in [0.1, 0.15) is 82.8 Å². The summed E-state index contributed by atoms with van der Waals surface area (Å²) in [6, 6.07) is -1.68. The summed E-state index contributed by atoms with van der Waals surface area (Å²) in [5.41, 5.74) is 8.09. The first-order valence-corrected chi connectivity index (χ1v) is 18.8. The van der Waals surface area contributed by atoms with Crippen LogP contribution in [-0.4, -0.2) is 73.0 Å². The molecule has 0 aromatic carbocycles. The Balaban J connectivity index is 1.31. The summed E-state index contributed by atoms with van der Waals surface area (Å²) >= 11 is 0. The Morgan fingerprint density at radius 3 is 2.69 bits per heavy atom. The van der Waals surface area contributed by atoms with Crippen molar-refractivity contribution in [3.05, 3.63) is 47.7 Å². The molecule has 1 aromatic rings. The first-order chi connectivity index (χ1) is 22.9. The molecule has 0 unspecified atom stereocenters. The number of amides is 2. The molecule has 3 N–H and O–H groups in total. The van der Waals surface area contributed by atoms with Gasteiger partial charge in [-0.2, -0.15) is 0 Å². The second kappa shape index (κ2) is 13.4. The van der Waals surface area contributed by atoms with Crippen molar-refractivity contribution in [3.63, 3.8) is 0 Å². The summed E-state index contributed by atoms with van der Waals surface area (Å²) < 4.78 is 39.9. The number of aromatic nitrogens is 1. The molecule has 6 rings (SSSR count). The third-order valence-corrected chi connectivity index (χ3v) is 12.8. The fourth-order valence-corrected chi connectivity index (χ4v) is 9.10. The number of hydrogen-bond acceptors (Lipinski definition) is 9. The molecule has 12 heteroatoms. The maximum atomic E-state index is 14.3. The third kappa shape index (κ3) is 6.83. The van der Waals surface area contributed by atoms with Gasteiger partial charge in [-0.05, 0) is 62.4 Å². The predicted molar refractivity (Wildman–Crippen MR) is 181 cm³/mol. The largest absolute Gasteiger partial charge is 0.495 e. The van der Waals surface area contributed by atoms with E-state index in [1.54, 1.807) is 13.3 Å². The van der Waals surface area contributed by atoms with Crippen LogP contribution in [0.3, 0.4) is 0 Å². The van der Waals surface area contributed by atoms with Crippen LogP contribution in [0.4, 0.5) is 0 Å². The standard InChI is InChI=1S/C36H48N4O7S/c1-5-23-14-21(2)8-6-7-9-24-17-36(24,35(43)39-48(44,45)26-11-12-26)18-30(41)29-16-25(20-40(29)34(42)32(23)37)47-33-27-13-10-22(3)15-28(27)31(46-4)19-38-33/h7,9-10,13,19,21,23-26,29,32H,3,5-6,8,11-12,14-18,20,37H2,1-2,4H3,(H,39,43)/b9-7-/t21-,23-,24-,25-,29+,32+,36-/m1/s1. The zero-order valence-electron chi connectivity index (χ0n) is 28.2. The molecule has 260 valence electrons. The summed E-state index contributed by atoms with van der Waals surface area (Å²) in [6.07, 6.45) is 14.0. The van der Waals surface area contributed by atoms with Gasteiger partial charge in [0.25, 0.3) is 0 Å². The Morgan fingerprint density at radius 2 is 1.98 bits per heavy atom. The fraction of sp³-hybridized carbons (Fsp3) is 0.611. The molecule has 3 fully saturated rings. The SMILES string of the molecule is C=C1C=Cc2c(O[C@@H]3C[C@H]4C(=O)C[C@]5(C(=O)NS(=O)(=O)C6CC6)C[C@H]5/C=C\CC[C@@H](C)C[C@@H](CC)[C@H](N)C(=O)N4C3)ncc(OC)c2C1. The van der Waals surface area contributed by atoms with Gasteiger partial charge in [0, 0.05) is 30.4 Å². The van der Waals surface area contributed by atoms with E-state index in [9.17, 15) is 22.8 Å². The number of methoxy groups -OCH3 is 1. The minimum Gasteiger partial charge on any atom is -0.495 e. The molecule has 2 saturated carbocycles. The molecule has 48 heavy (non-hydrogen) atoms. The molecule has 1 aromatic heterocycles. The number of nitrogens with zero attached hydrogens (tertiary/aromatic N) is 2. The Labute approximate surface area is 283 Å². The number of ketones is 1. The summed E-state index contributed by atoms with van der Waals surface area (Å²) in [4.78, 5) is 48.2. The van der Waals surface area contributed by atoms with Crippen molar-refractivity contribution in [1.29, 1.82) is 0 Å². The van der Waals surface area contributed by atoms with Gasteiger partial charge in [-0.15, -0.1) is 0 Å². The summed E-state index contributed by atoms with van der Waals surface area (Å²) in [5.74, 6) is -0.269. The first-order valence-electron chi connectivity index (χ1n) is 17.3. The van der Waals surface area contributed by atoms with E-state index in [2.05, 4.69) is 23.2 Å². The predicted octanol–water partition coefficient (Wildman–Crippen LogP) is 3.87.